The molecular weight excluding hydrogens is 361 g/mol. The van der Waals surface area contributed by atoms with Crippen LogP contribution in [0.3, 0.4) is 0 Å². The van der Waals surface area contributed by atoms with Gasteiger partial charge in [-0.1, -0.05) is 37.0 Å². The van der Waals surface area contributed by atoms with Gasteiger partial charge in [0.1, 0.15) is 0 Å². The first kappa shape index (κ1) is 19.8. The number of rotatable bonds is 7. The zero-order valence-electron chi connectivity index (χ0n) is 14.6. The van der Waals surface area contributed by atoms with Gasteiger partial charge in [-0.05, 0) is 36.6 Å². The molecule has 0 aliphatic rings. The second kappa shape index (κ2) is 8.70. The molecular formula is C18H23Cl2N3O2. The Bertz CT molecular complexity index is 739. The number of hydrogen-bond acceptors (Lipinski definition) is 3. The van der Waals surface area contributed by atoms with E-state index in [1.165, 1.54) is 0 Å². The highest BCUT2D eigenvalue weighted by molar-refractivity contribution is 6.34. The molecule has 5 nitrogen and oxygen atoms in total. The van der Waals surface area contributed by atoms with E-state index in [4.69, 9.17) is 23.2 Å². The fourth-order valence-corrected chi connectivity index (χ4v) is 3.46. The van der Waals surface area contributed by atoms with Crippen molar-refractivity contribution in [2.45, 2.75) is 39.2 Å². The summed E-state index contributed by atoms with van der Waals surface area (Å²) in [6.07, 6.45) is 0.976. The van der Waals surface area contributed by atoms with Gasteiger partial charge in [-0.3, -0.25) is 9.48 Å². The maximum atomic E-state index is 12.3. The van der Waals surface area contributed by atoms with E-state index < -0.39 is 6.10 Å². The number of nitrogens with one attached hydrogen (secondary N) is 1. The van der Waals surface area contributed by atoms with Crippen molar-refractivity contribution < 1.29 is 9.90 Å². The molecule has 1 aromatic carbocycles. The number of aryl methyl sites for hydroxylation is 2. The summed E-state index contributed by atoms with van der Waals surface area (Å²) >= 11 is 11.9. The van der Waals surface area contributed by atoms with Crippen molar-refractivity contribution in [1.29, 1.82) is 0 Å². The smallest absolute Gasteiger partial charge is 0.224 e. The number of aliphatic hydroxyl groups is 1. The third-order valence-electron chi connectivity index (χ3n) is 4.13. The molecule has 7 heteroatoms. The molecule has 1 heterocycles. The van der Waals surface area contributed by atoms with Crippen molar-refractivity contribution in [2.75, 3.05) is 6.54 Å². The molecule has 0 aliphatic carbocycles. The molecule has 0 radical (unpaired) electrons. The molecule has 1 aromatic heterocycles. The van der Waals surface area contributed by atoms with Gasteiger partial charge in [-0.2, -0.15) is 5.10 Å². The van der Waals surface area contributed by atoms with E-state index in [-0.39, 0.29) is 18.9 Å². The van der Waals surface area contributed by atoms with Crippen LogP contribution in [0.5, 0.6) is 0 Å². The number of carbonyl (C=O) groups is 1. The van der Waals surface area contributed by atoms with E-state index >= 15 is 0 Å². The average molecular weight is 384 g/mol. The Hall–Kier alpha value is -1.56. The van der Waals surface area contributed by atoms with Gasteiger partial charge in [0.05, 0.1) is 18.2 Å². The fourth-order valence-electron chi connectivity index (χ4n) is 2.91. The van der Waals surface area contributed by atoms with E-state index in [1.807, 2.05) is 25.6 Å². The van der Waals surface area contributed by atoms with Crippen LogP contribution in [0.1, 0.15) is 42.5 Å². The Morgan fingerprint density at radius 1 is 1.24 bits per heavy atom. The summed E-state index contributed by atoms with van der Waals surface area (Å²) in [5, 5.41) is 18.4. The Labute approximate surface area is 157 Å². The molecule has 0 saturated carbocycles. The van der Waals surface area contributed by atoms with Gasteiger partial charge in [0.25, 0.3) is 0 Å². The maximum absolute atomic E-state index is 12.3. The Kier molecular flexibility index (Phi) is 6.87. The lowest BCUT2D eigenvalue weighted by atomic mass is 10.1. The molecule has 0 fully saturated rings. The number of nitrogens with zero attached hydrogens (tertiary/aromatic N) is 2. The number of benzene rings is 1. The van der Waals surface area contributed by atoms with Crippen molar-refractivity contribution in [3.05, 3.63) is 50.8 Å². The molecule has 1 unspecified atom stereocenters. The zero-order valence-corrected chi connectivity index (χ0v) is 16.2. The largest absolute Gasteiger partial charge is 0.387 e. The van der Waals surface area contributed by atoms with Crippen LogP contribution in [0.25, 0.3) is 0 Å². The molecule has 136 valence electrons. The third-order valence-corrected chi connectivity index (χ3v) is 4.56. The van der Waals surface area contributed by atoms with Crippen molar-refractivity contribution >= 4 is 29.1 Å². The first-order chi connectivity index (χ1) is 11.8. The number of carbonyl (C=O) groups excluding carboxylic acids is 1. The second-order valence-electron chi connectivity index (χ2n) is 5.90. The quantitative estimate of drug-likeness (QED) is 0.770. The van der Waals surface area contributed by atoms with Crippen LogP contribution in [0.2, 0.25) is 10.0 Å². The molecule has 0 saturated heterocycles. The van der Waals surface area contributed by atoms with Crippen molar-refractivity contribution in [3.8, 4) is 0 Å². The zero-order chi connectivity index (χ0) is 18.6. The molecule has 1 atom stereocenters. The van der Waals surface area contributed by atoms with Crippen LogP contribution in [-0.2, 0) is 31.1 Å². The van der Waals surface area contributed by atoms with E-state index in [0.717, 1.165) is 29.8 Å². The number of hydrogen-bond donors (Lipinski definition) is 2. The van der Waals surface area contributed by atoms with E-state index in [9.17, 15) is 9.90 Å². The third kappa shape index (κ3) is 4.97. The highest BCUT2D eigenvalue weighted by Gasteiger charge is 2.18. The lowest BCUT2D eigenvalue weighted by molar-refractivity contribution is -0.120. The second-order valence-corrected chi connectivity index (χ2v) is 6.77. The summed E-state index contributed by atoms with van der Waals surface area (Å²) in [6.45, 7) is 4.17. The minimum absolute atomic E-state index is 0.0959. The van der Waals surface area contributed by atoms with Crippen LogP contribution >= 0.6 is 23.2 Å². The minimum atomic E-state index is -0.870. The SMILES string of the molecule is CCc1nn(C)c(CC)c1CC(=O)NCC(O)c1cc(Cl)cc(Cl)c1. The normalized spacial score (nSPS) is 12.2. The van der Waals surface area contributed by atoms with Gasteiger partial charge < -0.3 is 10.4 Å². The fraction of sp³-hybridized carbons (Fsp3) is 0.444. The van der Waals surface area contributed by atoms with Crippen LogP contribution in [0.4, 0.5) is 0 Å². The summed E-state index contributed by atoms with van der Waals surface area (Å²) in [5.41, 5.74) is 3.55. The Morgan fingerprint density at radius 2 is 1.88 bits per heavy atom. The maximum Gasteiger partial charge on any atom is 0.224 e. The molecule has 2 aromatic rings. The molecule has 2 N–H and O–H groups in total. The average Bonchev–Trinajstić information content (AvgIpc) is 2.86. The predicted octanol–water partition coefficient (Wildman–Crippen LogP) is 3.24. The number of aromatic nitrogens is 2. The summed E-state index contributed by atoms with van der Waals surface area (Å²) in [7, 11) is 1.89. The summed E-state index contributed by atoms with van der Waals surface area (Å²) < 4.78 is 1.84. The molecule has 0 spiro atoms. The molecule has 2 rings (SSSR count). The van der Waals surface area contributed by atoms with Crippen LogP contribution in [-0.4, -0.2) is 27.3 Å². The summed E-state index contributed by atoms with van der Waals surface area (Å²) in [4.78, 5) is 12.3. The van der Waals surface area contributed by atoms with Crippen molar-refractivity contribution in [3.63, 3.8) is 0 Å². The van der Waals surface area contributed by atoms with Gasteiger partial charge in [-0.15, -0.1) is 0 Å². The molecule has 0 bridgehead atoms. The highest BCUT2D eigenvalue weighted by atomic mass is 35.5. The van der Waals surface area contributed by atoms with E-state index in [2.05, 4.69) is 10.4 Å². The number of amides is 1. The highest BCUT2D eigenvalue weighted by Crippen LogP contribution is 2.23. The molecule has 25 heavy (non-hydrogen) atoms. The first-order valence-electron chi connectivity index (χ1n) is 8.30. The van der Waals surface area contributed by atoms with Crippen LogP contribution in [0, 0.1) is 0 Å². The first-order valence-corrected chi connectivity index (χ1v) is 9.05. The van der Waals surface area contributed by atoms with Crippen molar-refractivity contribution in [1.82, 2.24) is 15.1 Å². The molecule has 1 amide bonds. The van der Waals surface area contributed by atoms with Crippen molar-refractivity contribution in [2.24, 2.45) is 7.05 Å². The minimum Gasteiger partial charge on any atom is -0.387 e. The van der Waals surface area contributed by atoms with Crippen LogP contribution in [0.15, 0.2) is 18.2 Å². The van der Waals surface area contributed by atoms with Gasteiger partial charge in [-0.25, -0.2) is 0 Å². The predicted molar refractivity (Wildman–Crippen MR) is 100 cm³/mol. The monoisotopic (exact) mass is 383 g/mol. The van der Waals surface area contributed by atoms with Gasteiger partial charge in [0.2, 0.25) is 5.91 Å². The van der Waals surface area contributed by atoms with E-state index in [1.54, 1.807) is 18.2 Å². The number of halogens is 2. The Balaban J connectivity index is 2.01. The molecule has 0 aliphatic heterocycles. The standard InChI is InChI=1S/C18H23Cl2N3O2/c1-4-15-14(16(5-2)23(3)22-15)9-18(25)21-10-17(24)11-6-12(19)8-13(20)7-11/h6-8,17,24H,4-5,9-10H2,1-3H3,(H,21,25). The topological polar surface area (TPSA) is 67.2 Å². The van der Waals surface area contributed by atoms with E-state index in [0.29, 0.717) is 15.6 Å². The summed E-state index contributed by atoms with van der Waals surface area (Å²) in [5.74, 6) is -0.149. The lowest BCUT2D eigenvalue weighted by Crippen LogP contribution is -2.30. The number of aliphatic hydroxyl groups excluding tert-OH is 1. The van der Waals surface area contributed by atoms with Gasteiger partial charge >= 0.3 is 0 Å². The Morgan fingerprint density at radius 3 is 2.44 bits per heavy atom. The van der Waals surface area contributed by atoms with Gasteiger partial charge in [0, 0.05) is 34.9 Å². The van der Waals surface area contributed by atoms with Crippen LogP contribution < -0.4 is 5.32 Å². The summed E-state index contributed by atoms with van der Waals surface area (Å²) in [6, 6.07) is 4.87. The van der Waals surface area contributed by atoms with Gasteiger partial charge in [0.15, 0.2) is 0 Å². The lowest BCUT2D eigenvalue weighted by Gasteiger charge is -2.13.